The van der Waals surface area contributed by atoms with Crippen LogP contribution in [0.5, 0.6) is 0 Å². The van der Waals surface area contributed by atoms with E-state index in [0.717, 1.165) is 6.54 Å². The quantitative estimate of drug-likeness (QED) is 0.619. The average molecular weight is 172 g/mol. The van der Waals surface area contributed by atoms with Crippen molar-refractivity contribution < 1.29 is 0 Å². The lowest BCUT2D eigenvalue weighted by molar-refractivity contribution is 0.177. The Morgan fingerprint density at radius 2 is 1.67 bits per heavy atom. The molecule has 0 atom stereocenters. The number of nitrogens with two attached hydrogens (primary N) is 1. The molecule has 0 saturated heterocycles. The first kappa shape index (κ1) is 11.9. The molecule has 0 heterocycles. The summed E-state index contributed by atoms with van der Waals surface area (Å²) in [6, 6.07) is 0. The summed E-state index contributed by atoms with van der Waals surface area (Å²) < 4.78 is 0. The maximum Gasteiger partial charge on any atom is 0.0147 e. The van der Waals surface area contributed by atoms with Gasteiger partial charge in [-0.2, -0.15) is 0 Å². The van der Waals surface area contributed by atoms with Crippen molar-refractivity contribution in [3.8, 4) is 0 Å². The second kappa shape index (κ2) is 5.55. The maximum absolute atomic E-state index is 5.43. The summed E-state index contributed by atoms with van der Waals surface area (Å²) in [5.41, 5.74) is 5.77. The van der Waals surface area contributed by atoms with Gasteiger partial charge in [-0.15, -0.1) is 0 Å². The maximum atomic E-state index is 5.43. The van der Waals surface area contributed by atoms with Crippen molar-refractivity contribution in [3.63, 3.8) is 0 Å². The summed E-state index contributed by atoms with van der Waals surface area (Å²) in [6.07, 6.45) is 5.00. The largest absolute Gasteiger partial charge is 0.330 e. The van der Waals surface area contributed by atoms with Crippen molar-refractivity contribution in [2.45, 2.75) is 45.1 Å². The van der Waals surface area contributed by atoms with E-state index in [9.17, 15) is 0 Å². The van der Waals surface area contributed by atoms with Crippen molar-refractivity contribution in [1.82, 2.24) is 4.90 Å². The van der Waals surface area contributed by atoms with Crippen LogP contribution in [0.4, 0.5) is 0 Å². The van der Waals surface area contributed by atoms with Gasteiger partial charge in [0.15, 0.2) is 0 Å². The Labute approximate surface area is 77.1 Å². The Morgan fingerprint density at radius 3 is 2.08 bits per heavy atom. The van der Waals surface area contributed by atoms with Crippen molar-refractivity contribution in [1.29, 1.82) is 0 Å². The molecule has 74 valence electrons. The number of hydrogen-bond acceptors (Lipinski definition) is 2. The van der Waals surface area contributed by atoms with E-state index in [1.165, 1.54) is 25.7 Å². The third-order valence-corrected chi connectivity index (χ3v) is 2.70. The molecule has 0 aliphatic carbocycles. The minimum absolute atomic E-state index is 0.342. The molecule has 0 rings (SSSR count). The van der Waals surface area contributed by atoms with Crippen molar-refractivity contribution in [3.05, 3.63) is 0 Å². The molecule has 2 N–H and O–H groups in total. The van der Waals surface area contributed by atoms with Gasteiger partial charge in [0.25, 0.3) is 0 Å². The molecule has 0 fully saturated rings. The SMILES string of the molecule is CN(C)C(C)(C)CCCCCN. The van der Waals surface area contributed by atoms with Gasteiger partial charge in [-0.05, 0) is 47.3 Å². The van der Waals surface area contributed by atoms with E-state index in [1.807, 2.05) is 0 Å². The topological polar surface area (TPSA) is 29.3 Å². The number of rotatable bonds is 6. The Morgan fingerprint density at radius 1 is 1.08 bits per heavy atom. The molecule has 0 aromatic rings. The zero-order chi connectivity index (χ0) is 9.61. The van der Waals surface area contributed by atoms with Gasteiger partial charge in [-0.1, -0.05) is 12.8 Å². The summed E-state index contributed by atoms with van der Waals surface area (Å²) in [7, 11) is 4.28. The molecule has 0 aliphatic heterocycles. The molecular weight excluding hydrogens is 148 g/mol. The lowest BCUT2D eigenvalue weighted by atomic mass is 9.95. The first-order valence-corrected chi connectivity index (χ1v) is 4.88. The van der Waals surface area contributed by atoms with E-state index < -0.39 is 0 Å². The number of hydrogen-bond donors (Lipinski definition) is 1. The minimum atomic E-state index is 0.342. The van der Waals surface area contributed by atoms with Crippen molar-refractivity contribution in [2.24, 2.45) is 5.73 Å². The number of unbranched alkanes of at least 4 members (excludes halogenated alkanes) is 2. The van der Waals surface area contributed by atoms with Gasteiger partial charge in [-0.25, -0.2) is 0 Å². The number of nitrogens with zero attached hydrogens (tertiary/aromatic N) is 1. The van der Waals surface area contributed by atoms with E-state index in [0.29, 0.717) is 5.54 Å². The monoisotopic (exact) mass is 172 g/mol. The Kier molecular flexibility index (Phi) is 5.51. The molecule has 0 aliphatic rings. The molecule has 2 nitrogen and oxygen atoms in total. The molecule has 0 aromatic heterocycles. The molecule has 0 bridgehead atoms. The van der Waals surface area contributed by atoms with Gasteiger partial charge in [0.05, 0.1) is 0 Å². The van der Waals surface area contributed by atoms with Crippen molar-refractivity contribution >= 4 is 0 Å². The van der Waals surface area contributed by atoms with Crippen molar-refractivity contribution in [2.75, 3.05) is 20.6 Å². The van der Waals surface area contributed by atoms with Crippen LogP contribution in [0.2, 0.25) is 0 Å². The van der Waals surface area contributed by atoms with E-state index in [1.54, 1.807) is 0 Å². The van der Waals surface area contributed by atoms with E-state index in [-0.39, 0.29) is 0 Å². The normalized spacial score (nSPS) is 12.5. The highest BCUT2D eigenvalue weighted by atomic mass is 15.1. The van der Waals surface area contributed by atoms with Crippen LogP contribution in [-0.4, -0.2) is 31.1 Å². The standard InChI is InChI=1S/C10H24N2/c1-10(2,12(3)4)8-6-5-7-9-11/h5-9,11H2,1-4H3. The fourth-order valence-corrected chi connectivity index (χ4v) is 1.10. The van der Waals surface area contributed by atoms with E-state index >= 15 is 0 Å². The third kappa shape index (κ3) is 4.73. The second-order valence-corrected chi connectivity index (χ2v) is 4.31. The second-order valence-electron chi connectivity index (χ2n) is 4.31. The molecule has 0 radical (unpaired) electrons. The van der Waals surface area contributed by atoms with Gasteiger partial charge in [0.1, 0.15) is 0 Å². The zero-order valence-electron chi connectivity index (χ0n) is 9.06. The van der Waals surface area contributed by atoms with Crippen LogP contribution in [0.15, 0.2) is 0 Å². The fourth-order valence-electron chi connectivity index (χ4n) is 1.10. The summed E-state index contributed by atoms with van der Waals surface area (Å²) in [5.74, 6) is 0. The molecular formula is C10H24N2. The van der Waals surface area contributed by atoms with Crippen LogP contribution in [0.1, 0.15) is 39.5 Å². The molecule has 0 aromatic carbocycles. The van der Waals surface area contributed by atoms with Crippen LogP contribution in [0.3, 0.4) is 0 Å². The summed E-state index contributed by atoms with van der Waals surface area (Å²) >= 11 is 0. The van der Waals surface area contributed by atoms with E-state index in [2.05, 4.69) is 32.8 Å². The highest BCUT2D eigenvalue weighted by Crippen LogP contribution is 2.18. The molecule has 0 saturated carbocycles. The Bertz CT molecular complexity index is 108. The van der Waals surface area contributed by atoms with Gasteiger partial charge >= 0.3 is 0 Å². The highest BCUT2D eigenvalue weighted by molar-refractivity contribution is 4.76. The fraction of sp³-hybridized carbons (Fsp3) is 1.00. The summed E-state index contributed by atoms with van der Waals surface area (Å²) in [4.78, 5) is 2.29. The van der Waals surface area contributed by atoms with Gasteiger partial charge in [0, 0.05) is 5.54 Å². The average Bonchev–Trinajstić information content (AvgIpc) is 1.98. The smallest absolute Gasteiger partial charge is 0.0147 e. The Balaban J connectivity index is 3.47. The summed E-state index contributed by atoms with van der Waals surface area (Å²) in [5, 5.41) is 0. The molecule has 2 heteroatoms. The molecule has 0 amide bonds. The first-order valence-electron chi connectivity index (χ1n) is 4.88. The van der Waals surface area contributed by atoms with Gasteiger partial charge in [-0.3, -0.25) is 0 Å². The van der Waals surface area contributed by atoms with E-state index in [4.69, 9.17) is 5.73 Å². The predicted octanol–water partition coefficient (Wildman–Crippen LogP) is 1.85. The molecule has 0 unspecified atom stereocenters. The molecule has 12 heavy (non-hydrogen) atoms. The van der Waals surface area contributed by atoms with Gasteiger partial charge in [0.2, 0.25) is 0 Å². The van der Waals surface area contributed by atoms with Crippen LogP contribution in [0, 0.1) is 0 Å². The third-order valence-electron chi connectivity index (χ3n) is 2.70. The highest BCUT2D eigenvalue weighted by Gasteiger charge is 2.18. The van der Waals surface area contributed by atoms with Crippen LogP contribution >= 0.6 is 0 Å². The first-order chi connectivity index (χ1) is 5.50. The molecule has 0 spiro atoms. The zero-order valence-corrected chi connectivity index (χ0v) is 9.06. The van der Waals surface area contributed by atoms with Crippen LogP contribution < -0.4 is 5.73 Å². The van der Waals surface area contributed by atoms with Gasteiger partial charge < -0.3 is 10.6 Å². The predicted molar refractivity (Wildman–Crippen MR) is 55.3 cm³/mol. The lowest BCUT2D eigenvalue weighted by Gasteiger charge is -2.32. The van der Waals surface area contributed by atoms with Crippen LogP contribution in [-0.2, 0) is 0 Å². The Hall–Kier alpha value is -0.0800. The summed E-state index contributed by atoms with van der Waals surface area (Å²) in [6.45, 7) is 5.41. The lowest BCUT2D eigenvalue weighted by Crippen LogP contribution is -2.37. The minimum Gasteiger partial charge on any atom is -0.330 e. The van der Waals surface area contributed by atoms with Crippen LogP contribution in [0.25, 0.3) is 0 Å².